The van der Waals surface area contributed by atoms with E-state index in [2.05, 4.69) is 34.5 Å². The van der Waals surface area contributed by atoms with Crippen molar-refractivity contribution in [2.75, 3.05) is 50.1 Å². The van der Waals surface area contributed by atoms with E-state index in [1.165, 1.54) is 5.56 Å². The van der Waals surface area contributed by atoms with Crippen molar-refractivity contribution in [2.45, 2.75) is 24.8 Å². The molecule has 5 heteroatoms. The fourth-order valence-electron chi connectivity index (χ4n) is 4.42. The number of hydrogen-bond donors (Lipinski definition) is 1. The van der Waals surface area contributed by atoms with Crippen molar-refractivity contribution in [3.63, 3.8) is 0 Å². The number of para-hydroxylation sites is 2. The summed E-state index contributed by atoms with van der Waals surface area (Å²) in [6.45, 7) is 3.75. The van der Waals surface area contributed by atoms with Gasteiger partial charge in [0.2, 0.25) is 5.91 Å². The summed E-state index contributed by atoms with van der Waals surface area (Å²) in [4.78, 5) is 17.1. The standard InChI is InChI=1S/C23H29N3O2/c1-28-18-23(24-20-8-3-2-4-9-20)12-15-25(16-13-23)17-22(27)26-14-11-19-7-5-6-10-21(19)26/h2-10,24H,11-18H2,1H3. The highest BCUT2D eigenvalue weighted by atomic mass is 16.5. The number of nitrogens with zero attached hydrogens (tertiary/aromatic N) is 2. The first-order valence-corrected chi connectivity index (χ1v) is 10.1. The van der Waals surface area contributed by atoms with Gasteiger partial charge in [-0.3, -0.25) is 9.69 Å². The molecule has 0 spiro atoms. The highest BCUT2D eigenvalue weighted by molar-refractivity contribution is 5.96. The number of hydrogen-bond acceptors (Lipinski definition) is 4. The van der Waals surface area contributed by atoms with Gasteiger partial charge in [-0.1, -0.05) is 36.4 Å². The normalized spacial score (nSPS) is 18.7. The summed E-state index contributed by atoms with van der Waals surface area (Å²) in [5, 5.41) is 3.69. The van der Waals surface area contributed by atoms with Gasteiger partial charge in [-0.2, -0.15) is 0 Å². The first kappa shape index (κ1) is 19.0. The van der Waals surface area contributed by atoms with Gasteiger partial charge in [-0.15, -0.1) is 0 Å². The number of benzene rings is 2. The Balaban J connectivity index is 1.36. The minimum Gasteiger partial charge on any atom is -0.382 e. The van der Waals surface area contributed by atoms with E-state index in [1.807, 2.05) is 35.2 Å². The van der Waals surface area contributed by atoms with E-state index in [9.17, 15) is 4.79 Å². The van der Waals surface area contributed by atoms with Crippen LogP contribution in [0.2, 0.25) is 0 Å². The van der Waals surface area contributed by atoms with Crippen LogP contribution in [0.5, 0.6) is 0 Å². The van der Waals surface area contributed by atoms with Crippen LogP contribution in [0, 0.1) is 0 Å². The average molecular weight is 380 g/mol. The van der Waals surface area contributed by atoms with Gasteiger partial charge >= 0.3 is 0 Å². The number of nitrogens with one attached hydrogen (secondary N) is 1. The molecule has 28 heavy (non-hydrogen) atoms. The molecule has 2 aromatic carbocycles. The first-order chi connectivity index (χ1) is 13.7. The van der Waals surface area contributed by atoms with Crippen molar-refractivity contribution < 1.29 is 9.53 Å². The second-order valence-electron chi connectivity index (χ2n) is 7.90. The minimum atomic E-state index is -0.0735. The topological polar surface area (TPSA) is 44.8 Å². The number of methoxy groups -OCH3 is 1. The van der Waals surface area contributed by atoms with Crippen molar-refractivity contribution in [1.82, 2.24) is 4.90 Å². The Hall–Kier alpha value is -2.37. The smallest absolute Gasteiger partial charge is 0.241 e. The van der Waals surface area contributed by atoms with Crippen molar-refractivity contribution in [3.05, 3.63) is 60.2 Å². The molecule has 0 unspecified atom stereocenters. The van der Waals surface area contributed by atoms with Crippen LogP contribution in [0.3, 0.4) is 0 Å². The molecule has 0 aromatic heterocycles. The van der Waals surface area contributed by atoms with Crippen molar-refractivity contribution in [2.24, 2.45) is 0 Å². The van der Waals surface area contributed by atoms with Gasteiger partial charge in [0.05, 0.1) is 18.7 Å². The molecule has 1 saturated heterocycles. The number of anilines is 2. The number of carbonyl (C=O) groups excluding carboxylic acids is 1. The molecule has 0 bridgehead atoms. The van der Waals surface area contributed by atoms with Gasteiger partial charge in [0.15, 0.2) is 0 Å². The number of rotatable bonds is 6. The number of amides is 1. The molecule has 4 rings (SSSR count). The Labute approximate surface area is 167 Å². The minimum absolute atomic E-state index is 0.0735. The third-order valence-corrected chi connectivity index (χ3v) is 5.96. The molecule has 0 aliphatic carbocycles. The SMILES string of the molecule is COCC1(Nc2ccccc2)CCN(CC(=O)N2CCc3ccccc32)CC1. The van der Waals surface area contributed by atoms with Crippen molar-refractivity contribution >= 4 is 17.3 Å². The van der Waals surface area contributed by atoms with Gasteiger partial charge in [0.1, 0.15) is 0 Å². The number of piperidine rings is 1. The molecular formula is C23H29N3O2. The monoisotopic (exact) mass is 379 g/mol. The van der Waals surface area contributed by atoms with Crippen LogP contribution in [0.25, 0.3) is 0 Å². The summed E-state index contributed by atoms with van der Waals surface area (Å²) in [6.07, 6.45) is 2.87. The molecular weight excluding hydrogens is 350 g/mol. The number of fused-ring (bicyclic) bond motifs is 1. The van der Waals surface area contributed by atoms with Crippen LogP contribution >= 0.6 is 0 Å². The molecule has 0 radical (unpaired) electrons. The highest BCUT2D eigenvalue weighted by Gasteiger charge is 2.36. The quantitative estimate of drug-likeness (QED) is 0.837. The lowest BCUT2D eigenvalue weighted by molar-refractivity contribution is -0.120. The van der Waals surface area contributed by atoms with Gasteiger partial charge < -0.3 is 15.0 Å². The zero-order valence-corrected chi connectivity index (χ0v) is 16.6. The third kappa shape index (κ3) is 4.05. The van der Waals surface area contributed by atoms with Crippen molar-refractivity contribution in [1.29, 1.82) is 0 Å². The largest absolute Gasteiger partial charge is 0.382 e. The van der Waals surface area contributed by atoms with Crippen LogP contribution in [0.4, 0.5) is 11.4 Å². The lowest BCUT2D eigenvalue weighted by atomic mass is 9.87. The van der Waals surface area contributed by atoms with Gasteiger partial charge in [0, 0.05) is 38.1 Å². The number of carbonyl (C=O) groups is 1. The zero-order valence-electron chi connectivity index (χ0n) is 16.6. The summed E-state index contributed by atoms with van der Waals surface area (Å²) in [5.74, 6) is 0.209. The van der Waals surface area contributed by atoms with Crippen LogP contribution in [0.15, 0.2) is 54.6 Å². The summed E-state index contributed by atoms with van der Waals surface area (Å²) in [5.41, 5.74) is 3.41. The molecule has 5 nitrogen and oxygen atoms in total. The predicted octanol–water partition coefficient (Wildman–Crippen LogP) is 3.17. The Bertz CT molecular complexity index is 801. The fourth-order valence-corrected chi connectivity index (χ4v) is 4.42. The van der Waals surface area contributed by atoms with E-state index in [4.69, 9.17) is 4.74 Å². The summed E-state index contributed by atoms with van der Waals surface area (Å²) < 4.78 is 5.54. The molecule has 148 valence electrons. The maximum absolute atomic E-state index is 12.9. The molecule has 2 heterocycles. The average Bonchev–Trinajstić information content (AvgIpc) is 3.15. The van der Waals surface area contributed by atoms with Crippen LogP contribution in [-0.2, 0) is 16.0 Å². The molecule has 1 N–H and O–H groups in total. The molecule has 1 amide bonds. The van der Waals surface area contributed by atoms with E-state index < -0.39 is 0 Å². The van der Waals surface area contributed by atoms with E-state index in [0.717, 1.165) is 50.3 Å². The molecule has 2 aliphatic rings. The van der Waals surface area contributed by atoms with Gasteiger partial charge in [-0.25, -0.2) is 0 Å². The second-order valence-corrected chi connectivity index (χ2v) is 7.90. The zero-order chi connectivity index (χ0) is 19.4. The molecule has 0 atom stereocenters. The van der Waals surface area contributed by atoms with Gasteiger partial charge in [0.25, 0.3) is 0 Å². The fraction of sp³-hybridized carbons (Fsp3) is 0.435. The Kier molecular flexibility index (Phi) is 5.64. The Morgan fingerprint density at radius 1 is 1.04 bits per heavy atom. The Morgan fingerprint density at radius 2 is 1.75 bits per heavy atom. The van der Waals surface area contributed by atoms with Crippen LogP contribution in [-0.4, -0.2) is 56.2 Å². The van der Waals surface area contributed by atoms with E-state index >= 15 is 0 Å². The summed E-state index contributed by atoms with van der Waals surface area (Å²) >= 11 is 0. The molecule has 2 aromatic rings. The highest BCUT2D eigenvalue weighted by Crippen LogP contribution is 2.30. The lowest BCUT2D eigenvalue weighted by Gasteiger charge is -2.42. The summed E-state index contributed by atoms with van der Waals surface area (Å²) in [6, 6.07) is 18.6. The first-order valence-electron chi connectivity index (χ1n) is 10.1. The second kappa shape index (κ2) is 8.33. The number of likely N-dealkylation sites (tertiary alicyclic amines) is 1. The van der Waals surface area contributed by atoms with Gasteiger partial charge in [-0.05, 0) is 43.0 Å². The number of ether oxygens (including phenoxy) is 1. The van der Waals surface area contributed by atoms with E-state index in [0.29, 0.717) is 13.2 Å². The lowest BCUT2D eigenvalue weighted by Crippen LogP contribution is -2.53. The summed E-state index contributed by atoms with van der Waals surface area (Å²) in [7, 11) is 1.76. The third-order valence-electron chi connectivity index (χ3n) is 5.96. The van der Waals surface area contributed by atoms with Crippen LogP contribution in [0.1, 0.15) is 18.4 Å². The van der Waals surface area contributed by atoms with Crippen LogP contribution < -0.4 is 10.2 Å². The predicted molar refractivity (Wildman–Crippen MR) is 113 cm³/mol. The van der Waals surface area contributed by atoms with E-state index in [-0.39, 0.29) is 11.4 Å². The Morgan fingerprint density at radius 3 is 2.50 bits per heavy atom. The molecule has 1 fully saturated rings. The maximum atomic E-state index is 12.9. The molecule has 0 saturated carbocycles. The van der Waals surface area contributed by atoms with E-state index in [1.54, 1.807) is 7.11 Å². The molecule has 2 aliphatic heterocycles. The maximum Gasteiger partial charge on any atom is 0.241 e. The van der Waals surface area contributed by atoms with Crippen molar-refractivity contribution in [3.8, 4) is 0 Å².